The van der Waals surface area contributed by atoms with Crippen LogP contribution in [0.3, 0.4) is 0 Å². The first kappa shape index (κ1) is 17.4. The van der Waals surface area contributed by atoms with Crippen LogP contribution in [0.4, 0.5) is 0 Å². The van der Waals surface area contributed by atoms with E-state index in [-0.39, 0.29) is 18.9 Å². The molecule has 0 amide bonds. The Labute approximate surface area is 127 Å². The fraction of sp³-hybridized carbons (Fsp3) is 0.529. The van der Waals surface area contributed by atoms with E-state index >= 15 is 0 Å². The van der Waals surface area contributed by atoms with Crippen LogP contribution in [0.5, 0.6) is 0 Å². The number of carbonyl (C=O) groups is 2. The van der Waals surface area contributed by atoms with Crippen molar-refractivity contribution in [2.45, 2.75) is 34.2 Å². The second kappa shape index (κ2) is 7.93. The van der Waals surface area contributed by atoms with E-state index in [1.165, 1.54) is 0 Å². The van der Waals surface area contributed by atoms with Gasteiger partial charge in [-0.2, -0.15) is 0 Å². The summed E-state index contributed by atoms with van der Waals surface area (Å²) in [6, 6.07) is 9.99. The van der Waals surface area contributed by atoms with Gasteiger partial charge in [0.1, 0.15) is 5.41 Å². The van der Waals surface area contributed by atoms with Crippen molar-refractivity contribution in [3.05, 3.63) is 35.9 Å². The number of hydrogen-bond acceptors (Lipinski definition) is 4. The molecule has 4 nitrogen and oxygen atoms in total. The number of esters is 1. The summed E-state index contributed by atoms with van der Waals surface area (Å²) in [7, 11) is 0. The maximum absolute atomic E-state index is 12.4. The second-order valence-corrected chi connectivity index (χ2v) is 5.56. The first-order chi connectivity index (χ1) is 9.91. The zero-order chi connectivity index (χ0) is 15.9. The highest BCUT2D eigenvalue weighted by molar-refractivity contribution is 6.03. The molecule has 116 valence electrons. The summed E-state index contributed by atoms with van der Waals surface area (Å²) < 4.78 is 4.98. The minimum atomic E-state index is -1.10. The van der Waals surface area contributed by atoms with E-state index < -0.39 is 11.4 Å². The van der Waals surface area contributed by atoms with Crippen molar-refractivity contribution in [3.63, 3.8) is 0 Å². The van der Waals surface area contributed by atoms with Crippen molar-refractivity contribution in [2.24, 2.45) is 5.41 Å². The average molecular weight is 291 g/mol. The molecular weight excluding hydrogens is 266 g/mol. The molecule has 0 saturated carbocycles. The van der Waals surface area contributed by atoms with E-state index in [1.54, 1.807) is 20.8 Å². The van der Waals surface area contributed by atoms with E-state index in [4.69, 9.17) is 4.74 Å². The van der Waals surface area contributed by atoms with Crippen LogP contribution in [0.2, 0.25) is 0 Å². The average Bonchev–Trinajstić information content (AvgIpc) is 2.47. The zero-order valence-electron chi connectivity index (χ0n) is 13.4. The van der Waals surface area contributed by atoms with Crippen LogP contribution in [-0.2, 0) is 20.9 Å². The lowest BCUT2D eigenvalue weighted by molar-refractivity contribution is -0.158. The molecule has 0 radical (unpaired) electrons. The van der Waals surface area contributed by atoms with Crippen molar-refractivity contribution in [3.8, 4) is 0 Å². The number of Topliss-reactive ketones (excluding diaryl/α,β-unsaturated/α-hetero) is 1. The molecule has 1 aromatic rings. The van der Waals surface area contributed by atoms with Gasteiger partial charge in [0, 0.05) is 6.54 Å². The Bertz CT molecular complexity index is 468. The summed E-state index contributed by atoms with van der Waals surface area (Å²) in [6.45, 7) is 8.99. The molecule has 0 unspecified atom stereocenters. The predicted molar refractivity (Wildman–Crippen MR) is 82.8 cm³/mol. The summed E-state index contributed by atoms with van der Waals surface area (Å²) in [5.74, 6) is -0.565. The summed E-state index contributed by atoms with van der Waals surface area (Å²) in [5, 5.41) is 0. The van der Waals surface area contributed by atoms with Gasteiger partial charge in [-0.05, 0) is 32.9 Å². The molecule has 0 fully saturated rings. The summed E-state index contributed by atoms with van der Waals surface area (Å²) in [6.07, 6.45) is 0. The van der Waals surface area contributed by atoms with Gasteiger partial charge in [0.15, 0.2) is 5.78 Å². The van der Waals surface area contributed by atoms with Crippen LogP contribution in [-0.4, -0.2) is 36.3 Å². The third-order valence-electron chi connectivity index (χ3n) is 3.55. The summed E-state index contributed by atoms with van der Waals surface area (Å²) in [5.41, 5.74) is 0.0567. The Hall–Kier alpha value is -1.68. The lowest BCUT2D eigenvalue weighted by atomic mass is 9.87. The molecule has 0 aliphatic carbocycles. The van der Waals surface area contributed by atoms with E-state index in [9.17, 15) is 9.59 Å². The highest BCUT2D eigenvalue weighted by Crippen LogP contribution is 2.20. The molecule has 0 aliphatic rings. The zero-order valence-corrected chi connectivity index (χ0v) is 13.4. The standard InChI is InChI=1S/C17H25NO3/c1-5-18(12-14-10-8-7-9-11-14)13-15(19)17(3,4)16(20)21-6-2/h7-11H,5-6,12-13H2,1-4H3. The maximum atomic E-state index is 12.4. The van der Waals surface area contributed by atoms with Gasteiger partial charge >= 0.3 is 5.97 Å². The van der Waals surface area contributed by atoms with Crippen LogP contribution in [0, 0.1) is 5.41 Å². The number of ether oxygens (including phenoxy) is 1. The van der Waals surface area contributed by atoms with Crippen molar-refractivity contribution in [2.75, 3.05) is 19.7 Å². The monoisotopic (exact) mass is 291 g/mol. The van der Waals surface area contributed by atoms with Crippen LogP contribution in [0.1, 0.15) is 33.3 Å². The van der Waals surface area contributed by atoms with Crippen LogP contribution in [0.15, 0.2) is 30.3 Å². The fourth-order valence-electron chi connectivity index (χ4n) is 1.95. The maximum Gasteiger partial charge on any atom is 0.319 e. The Balaban J connectivity index is 2.68. The topological polar surface area (TPSA) is 46.6 Å². The molecule has 0 aromatic heterocycles. The largest absolute Gasteiger partial charge is 0.465 e. The lowest BCUT2D eigenvalue weighted by Crippen LogP contribution is -2.42. The van der Waals surface area contributed by atoms with Gasteiger partial charge in [-0.3, -0.25) is 14.5 Å². The van der Waals surface area contributed by atoms with E-state index in [1.807, 2.05) is 42.2 Å². The Morgan fingerprint density at radius 1 is 1.14 bits per heavy atom. The molecule has 0 spiro atoms. The van der Waals surface area contributed by atoms with Crippen LogP contribution < -0.4 is 0 Å². The quantitative estimate of drug-likeness (QED) is 0.546. The van der Waals surface area contributed by atoms with Gasteiger partial charge in [0.05, 0.1) is 13.2 Å². The highest BCUT2D eigenvalue weighted by atomic mass is 16.5. The van der Waals surface area contributed by atoms with Gasteiger partial charge < -0.3 is 4.74 Å². The molecule has 1 aromatic carbocycles. The molecule has 0 N–H and O–H groups in total. The molecule has 4 heteroatoms. The van der Waals surface area contributed by atoms with Crippen LogP contribution in [0.25, 0.3) is 0 Å². The number of nitrogens with zero attached hydrogens (tertiary/aromatic N) is 1. The minimum Gasteiger partial charge on any atom is -0.465 e. The second-order valence-electron chi connectivity index (χ2n) is 5.56. The Morgan fingerprint density at radius 2 is 1.76 bits per heavy atom. The lowest BCUT2D eigenvalue weighted by Gasteiger charge is -2.26. The van der Waals surface area contributed by atoms with Gasteiger partial charge in [-0.15, -0.1) is 0 Å². The smallest absolute Gasteiger partial charge is 0.319 e. The number of benzene rings is 1. The SMILES string of the molecule is CCOC(=O)C(C)(C)C(=O)CN(CC)Cc1ccccc1. The molecule has 1 rings (SSSR count). The van der Waals surface area contributed by atoms with Gasteiger partial charge in [-0.1, -0.05) is 37.3 Å². The Morgan fingerprint density at radius 3 is 2.29 bits per heavy atom. The first-order valence-corrected chi connectivity index (χ1v) is 7.38. The number of carbonyl (C=O) groups excluding carboxylic acids is 2. The molecular formula is C17H25NO3. The predicted octanol–water partition coefficient (Wildman–Crippen LogP) is 2.67. The highest BCUT2D eigenvalue weighted by Gasteiger charge is 2.37. The minimum absolute atomic E-state index is 0.112. The van der Waals surface area contributed by atoms with Gasteiger partial charge in [-0.25, -0.2) is 0 Å². The normalized spacial score (nSPS) is 11.5. The van der Waals surface area contributed by atoms with Crippen molar-refractivity contribution in [1.82, 2.24) is 4.90 Å². The summed E-state index contributed by atoms with van der Waals surface area (Å²) in [4.78, 5) is 26.3. The van der Waals surface area contributed by atoms with E-state index in [0.717, 1.165) is 12.1 Å². The molecule has 0 saturated heterocycles. The van der Waals surface area contributed by atoms with Crippen molar-refractivity contribution < 1.29 is 14.3 Å². The first-order valence-electron chi connectivity index (χ1n) is 7.38. The third kappa shape index (κ3) is 4.97. The molecule has 0 aliphatic heterocycles. The Kier molecular flexibility index (Phi) is 6.56. The third-order valence-corrected chi connectivity index (χ3v) is 3.55. The molecule has 21 heavy (non-hydrogen) atoms. The molecule has 0 atom stereocenters. The van der Waals surface area contributed by atoms with Crippen molar-refractivity contribution in [1.29, 1.82) is 0 Å². The van der Waals surface area contributed by atoms with Crippen LogP contribution >= 0.6 is 0 Å². The fourth-order valence-corrected chi connectivity index (χ4v) is 1.95. The van der Waals surface area contributed by atoms with E-state index in [0.29, 0.717) is 6.54 Å². The van der Waals surface area contributed by atoms with Gasteiger partial charge in [0.2, 0.25) is 0 Å². The molecule has 0 heterocycles. The van der Waals surface area contributed by atoms with Gasteiger partial charge in [0.25, 0.3) is 0 Å². The number of ketones is 1. The number of likely N-dealkylation sites (N-methyl/N-ethyl adjacent to an activating group) is 1. The summed E-state index contributed by atoms with van der Waals surface area (Å²) >= 11 is 0. The molecule has 0 bridgehead atoms. The number of hydrogen-bond donors (Lipinski definition) is 0. The van der Waals surface area contributed by atoms with E-state index in [2.05, 4.69) is 0 Å². The number of rotatable bonds is 8. The van der Waals surface area contributed by atoms with Crippen molar-refractivity contribution >= 4 is 11.8 Å².